The fourth-order valence-electron chi connectivity index (χ4n) is 6.40. The van der Waals surface area contributed by atoms with Gasteiger partial charge in [-0.05, 0) is 56.4 Å². The van der Waals surface area contributed by atoms with E-state index in [0.29, 0.717) is 0 Å². The molecule has 0 bridgehead atoms. The molecule has 1 saturated heterocycles. The Kier molecular flexibility index (Phi) is 12.9. The number of piperidine rings is 1. The van der Waals surface area contributed by atoms with E-state index in [1.807, 2.05) is 0 Å². The maximum atomic E-state index is 2.98. The maximum Gasteiger partial charge on any atom is 0.0127 e. The van der Waals surface area contributed by atoms with Crippen molar-refractivity contribution in [2.75, 3.05) is 6.54 Å². The van der Waals surface area contributed by atoms with Crippen molar-refractivity contribution < 1.29 is 0 Å². The van der Waals surface area contributed by atoms with Gasteiger partial charge in [-0.3, -0.25) is 4.90 Å². The number of hydrogen-bond acceptors (Lipinski definition) is 1. The Balaban J connectivity index is 0.000000360. The van der Waals surface area contributed by atoms with Gasteiger partial charge in [0.15, 0.2) is 0 Å². The van der Waals surface area contributed by atoms with Gasteiger partial charge in [0.1, 0.15) is 0 Å². The Morgan fingerprint density at radius 3 is 2.00 bits per heavy atom. The lowest BCUT2D eigenvalue weighted by Crippen LogP contribution is -2.53. The standard InChI is InChI=1S/C21H41N.C7H14/c1-4-5-6-7-8-9-15-20(18(2)3)22-17-12-14-19-13-10-11-16-21(19)22;1-7-5-3-2-4-6-7/h18-21H,4-17H2,1-3H3;7H,2-6H2,1H3. The third-order valence-electron chi connectivity index (χ3n) is 8.23. The van der Waals surface area contributed by atoms with Gasteiger partial charge in [-0.2, -0.15) is 0 Å². The molecule has 1 nitrogen and oxygen atoms in total. The highest BCUT2D eigenvalue weighted by Crippen LogP contribution is 2.38. The van der Waals surface area contributed by atoms with Crippen LogP contribution in [0.2, 0.25) is 0 Å². The van der Waals surface area contributed by atoms with E-state index in [4.69, 9.17) is 0 Å². The Morgan fingerprint density at radius 2 is 1.34 bits per heavy atom. The second-order valence-corrected chi connectivity index (χ2v) is 11.1. The van der Waals surface area contributed by atoms with Crippen LogP contribution >= 0.6 is 0 Å². The SMILES string of the molecule is CC1CCCCC1.CCCCCCCCC(C(C)C)N1CCCC2CCCCC21. The smallest absolute Gasteiger partial charge is 0.0127 e. The first-order valence-corrected chi connectivity index (χ1v) is 13.9. The van der Waals surface area contributed by atoms with Crippen molar-refractivity contribution in [2.45, 2.75) is 155 Å². The molecule has 0 amide bonds. The summed E-state index contributed by atoms with van der Waals surface area (Å²) in [6.45, 7) is 11.0. The first-order chi connectivity index (χ1) is 14.1. The third kappa shape index (κ3) is 9.32. The van der Waals surface area contributed by atoms with E-state index in [-0.39, 0.29) is 0 Å². The molecular formula is C28H55N. The molecular weight excluding hydrogens is 350 g/mol. The highest BCUT2D eigenvalue weighted by molar-refractivity contribution is 4.91. The summed E-state index contributed by atoms with van der Waals surface area (Å²) in [6.07, 6.45) is 26.5. The van der Waals surface area contributed by atoms with Crippen molar-refractivity contribution in [3.05, 3.63) is 0 Å². The lowest BCUT2D eigenvalue weighted by atomic mass is 9.76. The summed E-state index contributed by atoms with van der Waals surface area (Å²) in [7, 11) is 0. The van der Waals surface area contributed by atoms with Gasteiger partial charge < -0.3 is 0 Å². The van der Waals surface area contributed by atoms with Crippen LogP contribution in [0, 0.1) is 17.8 Å². The Hall–Kier alpha value is -0.0400. The van der Waals surface area contributed by atoms with E-state index in [1.165, 1.54) is 122 Å². The molecule has 0 spiro atoms. The van der Waals surface area contributed by atoms with Crippen LogP contribution in [0.15, 0.2) is 0 Å². The largest absolute Gasteiger partial charge is 0.297 e. The molecule has 2 saturated carbocycles. The van der Waals surface area contributed by atoms with Crippen molar-refractivity contribution in [3.63, 3.8) is 0 Å². The average molecular weight is 406 g/mol. The van der Waals surface area contributed by atoms with Gasteiger partial charge in [0.25, 0.3) is 0 Å². The quantitative estimate of drug-likeness (QED) is 0.346. The van der Waals surface area contributed by atoms with Crippen molar-refractivity contribution in [1.82, 2.24) is 4.90 Å². The maximum absolute atomic E-state index is 2.98. The van der Waals surface area contributed by atoms with E-state index >= 15 is 0 Å². The molecule has 3 rings (SSSR count). The van der Waals surface area contributed by atoms with Gasteiger partial charge in [0.2, 0.25) is 0 Å². The molecule has 172 valence electrons. The van der Waals surface area contributed by atoms with Gasteiger partial charge in [0.05, 0.1) is 0 Å². The monoisotopic (exact) mass is 405 g/mol. The summed E-state index contributed by atoms with van der Waals surface area (Å²) < 4.78 is 0. The predicted molar refractivity (Wildman–Crippen MR) is 131 cm³/mol. The van der Waals surface area contributed by atoms with Crippen LogP contribution in [0.25, 0.3) is 0 Å². The summed E-state index contributed by atoms with van der Waals surface area (Å²) in [5.74, 6) is 2.90. The van der Waals surface area contributed by atoms with Crippen molar-refractivity contribution in [2.24, 2.45) is 17.8 Å². The average Bonchev–Trinajstić information content (AvgIpc) is 2.74. The Bertz CT molecular complexity index is 382. The molecule has 0 N–H and O–H groups in total. The first-order valence-electron chi connectivity index (χ1n) is 13.9. The van der Waals surface area contributed by atoms with Crippen LogP contribution < -0.4 is 0 Å². The molecule has 29 heavy (non-hydrogen) atoms. The molecule has 3 fully saturated rings. The van der Waals surface area contributed by atoms with Crippen molar-refractivity contribution in [3.8, 4) is 0 Å². The highest BCUT2D eigenvalue weighted by atomic mass is 15.2. The minimum Gasteiger partial charge on any atom is -0.297 e. The summed E-state index contributed by atoms with van der Waals surface area (Å²) >= 11 is 0. The molecule has 3 aliphatic rings. The lowest BCUT2D eigenvalue weighted by molar-refractivity contribution is 0.00588. The summed E-state index contributed by atoms with van der Waals surface area (Å²) in [5.41, 5.74) is 0. The van der Waals surface area contributed by atoms with Crippen LogP contribution in [0.4, 0.5) is 0 Å². The number of unbranched alkanes of at least 4 members (excludes halogenated alkanes) is 5. The topological polar surface area (TPSA) is 3.24 Å². The molecule has 1 heteroatoms. The molecule has 0 aromatic heterocycles. The van der Waals surface area contributed by atoms with E-state index < -0.39 is 0 Å². The van der Waals surface area contributed by atoms with E-state index in [0.717, 1.165) is 29.8 Å². The fourth-order valence-corrected chi connectivity index (χ4v) is 6.40. The lowest BCUT2D eigenvalue weighted by Gasteiger charge is -2.49. The predicted octanol–water partition coefficient (Wildman–Crippen LogP) is 9.00. The van der Waals surface area contributed by atoms with E-state index in [2.05, 4.69) is 32.6 Å². The van der Waals surface area contributed by atoms with E-state index in [9.17, 15) is 0 Å². The number of hydrogen-bond donors (Lipinski definition) is 0. The molecule has 1 heterocycles. The second-order valence-electron chi connectivity index (χ2n) is 11.1. The number of likely N-dealkylation sites (tertiary alicyclic amines) is 1. The minimum absolute atomic E-state index is 0.830. The van der Waals surface area contributed by atoms with Gasteiger partial charge in [-0.1, -0.05) is 111 Å². The zero-order valence-electron chi connectivity index (χ0n) is 20.8. The van der Waals surface area contributed by atoms with Gasteiger partial charge in [-0.25, -0.2) is 0 Å². The van der Waals surface area contributed by atoms with Crippen LogP contribution in [0.1, 0.15) is 143 Å². The van der Waals surface area contributed by atoms with Crippen molar-refractivity contribution >= 4 is 0 Å². The molecule has 0 aromatic rings. The van der Waals surface area contributed by atoms with Gasteiger partial charge >= 0.3 is 0 Å². The normalized spacial score (nSPS) is 27.2. The number of fused-ring (bicyclic) bond motifs is 1. The molecule has 3 unspecified atom stereocenters. The van der Waals surface area contributed by atoms with Gasteiger partial charge in [-0.15, -0.1) is 0 Å². The Morgan fingerprint density at radius 1 is 0.724 bits per heavy atom. The molecule has 1 aliphatic heterocycles. The summed E-state index contributed by atoms with van der Waals surface area (Å²) in [6, 6.07) is 1.80. The first kappa shape index (κ1) is 25.2. The third-order valence-corrected chi connectivity index (χ3v) is 8.23. The molecule has 3 atom stereocenters. The number of rotatable bonds is 9. The Labute approximate surface area is 184 Å². The van der Waals surface area contributed by atoms with Crippen LogP contribution in [0.3, 0.4) is 0 Å². The number of nitrogens with zero attached hydrogens (tertiary/aromatic N) is 1. The minimum atomic E-state index is 0.830. The zero-order chi connectivity index (χ0) is 20.9. The second kappa shape index (κ2) is 14.9. The van der Waals surface area contributed by atoms with E-state index in [1.54, 1.807) is 0 Å². The molecule has 2 aliphatic carbocycles. The van der Waals surface area contributed by atoms with Crippen molar-refractivity contribution in [1.29, 1.82) is 0 Å². The molecule has 0 radical (unpaired) electrons. The summed E-state index contributed by atoms with van der Waals surface area (Å²) in [5, 5.41) is 0. The van der Waals surface area contributed by atoms with Crippen LogP contribution in [-0.2, 0) is 0 Å². The van der Waals surface area contributed by atoms with Crippen LogP contribution in [0.5, 0.6) is 0 Å². The zero-order valence-corrected chi connectivity index (χ0v) is 20.8. The highest BCUT2D eigenvalue weighted by Gasteiger charge is 2.37. The van der Waals surface area contributed by atoms with Crippen LogP contribution in [-0.4, -0.2) is 23.5 Å². The van der Waals surface area contributed by atoms with Gasteiger partial charge in [0, 0.05) is 12.1 Å². The summed E-state index contributed by atoms with van der Waals surface area (Å²) in [4.78, 5) is 2.98. The molecule has 0 aromatic carbocycles. The fraction of sp³-hybridized carbons (Fsp3) is 1.00.